The zero-order chi connectivity index (χ0) is 19.6. The van der Waals surface area contributed by atoms with Crippen molar-refractivity contribution in [2.45, 2.75) is 32.2 Å². The zero-order valence-corrected chi connectivity index (χ0v) is 16.0. The van der Waals surface area contributed by atoms with E-state index < -0.39 is 17.5 Å². The lowest BCUT2D eigenvalue weighted by Crippen LogP contribution is -2.43. The Bertz CT molecular complexity index is 877. The summed E-state index contributed by atoms with van der Waals surface area (Å²) in [5, 5.41) is 3.32. The predicted molar refractivity (Wildman–Crippen MR) is 104 cm³/mol. The number of imide groups is 1. The molecule has 1 heterocycles. The number of urea groups is 1. The summed E-state index contributed by atoms with van der Waals surface area (Å²) in [6, 6.07) is 13.4. The molecule has 2 aromatic rings. The summed E-state index contributed by atoms with van der Waals surface area (Å²) < 4.78 is 0. The van der Waals surface area contributed by atoms with Crippen LogP contribution in [0.4, 0.5) is 4.79 Å². The number of benzene rings is 2. The Morgan fingerprint density at radius 2 is 1.67 bits per heavy atom. The third-order valence-electron chi connectivity index (χ3n) is 5.03. The largest absolute Gasteiger partial charge is 0.325 e. The average Bonchev–Trinajstić information content (AvgIpc) is 2.93. The van der Waals surface area contributed by atoms with Gasteiger partial charge in [0.25, 0.3) is 5.91 Å². The SMILES string of the molecule is CCc1ccc(C(=O)CN2C(=O)NC(CC)(c3ccc(Cl)cc3)C2=O)cc1. The summed E-state index contributed by atoms with van der Waals surface area (Å²) in [5.74, 6) is -0.694. The number of amides is 3. The van der Waals surface area contributed by atoms with Gasteiger partial charge in [-0.3, -0.25) is 14.5 Å². The average molecular weight is 385 g/mol. The number of rotatable bonds is 6. The highest BCUT2D eigenvalue weighted by Crippen LogP contribution is 2.33. The van der Waals surface area contributed by atoms with Crippen LogP contribution >= 0.6 is 11.6 Å². The van der Waals surface area contributed by atoms with Crippen molar-refractivity contribution >= 4 is 29.3 Å². The standard InChI is InChI=1S/C21H21ClN2O3/c1-3-14-5-7-15(8-6-14)18(25)13-24-19(26)21(4-2,23-20(24)27)16-9-11-17(22)12-10-16/h5-12H,3-4,13H2,1-2H3,(H,23,27). The van der Waals surface area contributed by atoms with E-state index >= 15 is 0 Å². The maximum Gasteiger partial charge on any atom is 0.325 e. The molecule has 0 spiro atoms. The number of carbonyl (C=O) groups excluding carboxylic acids is 3. The fourth-order valence-corrected chi connectivity index (χ4v) is 3.43. The Labute approximate surface area is 163 Å². The summed E-state index contributed by atoms with van der Waals surface area (Å²) in [5.41, 5.74) is 1.08. The van der Waals surface area contributed by atoms with Crippen molar-refractivity contribution in [3.8, 4) is 0 Å². The topological polar surface area (TPSA) is 66.5 Å². The summed E-state index contributed by atoms with van der Waals surface area (Å²) in [6.07, 6.45) is 1.25. The number of ketones is 1. The first-order valence-corrected chi connectivity index (χ1v) is 9.31. The zero-order valence-electron chi connectivity index (χ0n) is 15.3. The van der Waals surface area contributed by atoms with Crippen LogP contribution in [0.5, 0.6) is 0 Å². The molecular weight excluding hydrogens is 364 g/mol. The van der Waals surface area contributed by atoms with Crippen molar-refractivity contribution in [2.24, 2.45) is 0 Å². The first-order chi connectivity index (χ1) is 12.9. The molecule has 1 aliphatic rings. The van der Waals surface area contributed by atoms with Gasteiger partial charge in [0, 0.05) is 10.6 Å². The van der Waals surface area contributed by atoms with Crippen molar-refractivity contribution in [2.75, 3.05) is 6.54 Å². The van der Waals surface area contributed by atoms with Gasteiger partial charge in [0.15, 0.2) is 5.78 Å². The van der Waals surface area contributed by atoms with E-state index in [2.05, 4.69) is 5.32 Å². The molecule has 0 radical (unpaired) electrons. The van der Waals surface area contributed by atoms with Crippen LogP contribution in [0.15, 0.2) is 48.5 Å². The van der Waals surface area contributed by atoms with E-state index in [0.29, 0.717) is 22.6 Å². The monoisotopic (exact) mass is 384 g/mol. The maximum atomic E-state index is 13.1. The van der Waals surface area contributed by atoms with Gasteiger partial charge in [0.05, 0.1) is 6.54 Å². The number of nitrogens with one attached hydrogen (secondary N) is 1. The smallest absolute Gasteiger partial charge is 0.319 e. The first kappa shape index (κ1) is 19.1. The van der Waals surface area contributed by atoms with Crippen LogP contribution in [-0.4, -0.2) is 29.2 Å². The second kappa shape index (κ2) is 7.53. The van der Waals surface area contributed by atoms with Crippen LogP contribution in [0.3, 0.4) is 0 Å². The van der Waals surface area contributed by atoms with Gasteiger partial charge in [0.1, 0.15) is 5.54 Å². The molecule has 0 aliphatic carbocycles. The van der Waals surface area contributed by atoms with E-state index in [1.54, 1.807) is 36.4 Å². The van der Waals surface area contributed by atoms with Gasteiger partial charge in [-0.05, 0) is 36.1 Å². The summed E-state index contributed by atoms with van der Waals surface area (Å²) in [4.78, 5) is 39.1. The number of hydrogen-bond acceptors (Lipinski definition) is 3. The summed E-state index contributed by atoms with van der Waals surface area (Å²) in [6.45, 7) is 3.57. The lowest BCUT2D eigenvalue weighted by Gasteiger charge is -2.25. The van der Waals surface area contributed by atoms with Crippen LogP contribution in [-0.2, 0) is 16.8 Å². The molecule has 140 valence electrons. The normalized spacial score (nSPS) is 19.3. The van der Waals surface area contributed by atoms with E-state index in [1.807, 2.05) is 26.0 Å². The lowest BCUT2D eigenvalue weighted by molar-refractivity contribution is -0.131. The number of nitrogens with zero attached hydrogens (tertiary/aromatic N) is 1. The Morgan fingerprint density at radius 1 is 1.04 bits per heavy atom. The summed E-state index contributed by atoms with van der Waals surface area (Å²) in [7, 11) is 0. The Morgan fingerprint density at radius 3 is 2.22 bits per heavy atom. The first-order valence-electron chi connectivity index (χ1n) is 8.93. The number of halogens is 1. The van der Waals surface area contributed by atoms with Gasteiger partial charge in [-0.25, -0.2) is 4.79 Å². The molecule has 1 fully saturated rings. The van der Waals surface area contributed by atoms with Crippen LogP contribution in [0.1, 0.15) is 41.8 Å². The Balaban J connectivity index is 1.84. The molecule has 5 nitrogen and oxygen atoms in total. The van der Waals surface area contributed by atoms with Gasteiger partial charge in [0.2, 0.25) is 0 Å². The molecule has 1 aliphatic heterocycles. The van der Waals surface area contributed by atoms with E-state index in [0.717, 1.165) is 16.9 Å². The summed E-state index contributed by atoms with van der Waals surface area (Å²) >= 11 is 5.93. The highest BCUT2D eigenvalue weighted by Gasteiger charge is 2.51. The Hall–Kier alpha value is -2.66. The van der Waals surface area contributed by atoms with E-state index in [9.17, 15) is 14.4 Å². The fraction of sp³-hybridized carbons (Fsp3) is 0.286. The maximum absolute atomic E-state index is 13.1. The predicted octanol–water partition coefficient (Wildman–Crippen LogP) is 3.94. The van der Waals surface area contributed by atoms with Crippen molar-refractivity contribution in [3.05, 3.63) is 70.2 Å². The molecule has 27 heavy (non-hydrogen) atoms. The second-order valence-corrected chi connectivity index (χ2v) is 7.00. The van der Waals surface area contributed by atoms with Crippen LogP contribution < -0.4 is 5.32 Å². The van der Waals surface area contributed by atoms with Crippen molar-refractivity contribution in [1.29, 1.82) is 0 Å². The molecule has 0 bridgehead atoms. The van der Waals surface area contributed by atoms with Crippen LogP contribution in [0, 0.1) is 0 Å². The van der Waals surface area contributed by atoms with Crippen LogP contribution in [0.2, 0.25) is 5.02 Å². The molecule has 1 atom stereocenters. The van der Waals surface area contributed by atoms with Gasteiger partial charge in [-0.1, -0.05) is 61.8 Å². The van der Waals surface area contributed by atoms with Crippen molar-refractivity contribution < 1.29 is 14.4 Å². The third kappa shape index (κ3) is 3.47. The molecule has 1 unspecified atom stereocenters. The molecule has 0 saturated carbocycles. The molecule has 2 aromatic carbocycles. The molecule has 3 rings (SSSR count). The lowest BCUT2D eigenvalue weighted by atomic mass is 9.87. The molecule has 3 amide bonds. The minimum atomic E-state index is -1.17. The van der Waals surface area contributed by atoms with E-state index in [1.165, 1.54) is 0 Å². The van der Waals surface area contributed by atoms with Gasteiger partial charge in [-0.15, -0.1) is 0 Å². The quantitative estimate of drug-likeness (QED) is 0.606. The highest BCUT2D eigenvalue weighted by atomic mass is 35.5. The highest BCUT2D eigenvalue weighted by molar-refractivity contribution is 6.30. The third-order valence-corrected chi connectivity index (χ3v) is 5.28. The molecule has 6 heteroatoms. The molecule has 1 N–H and O–H groups in total. The minimum Gasteiger partial charge on any atom is -0.319 e. The second-order valence-electron chi connectivity index (χ2n) is 6.56. The van der Waals surface area contributed by atoms with Crippen molar-refractivity contribution in [1.82, 2.24) is 10.2 Å². The van der Waals surface area contributed by atoms with Gasteiger partial charge < -0.3 is 5.32 Å². The van der Waals surface area contributed by atoms with Gasteiger partial charge in [-0.2, -0.15) is 0 Å². The number of carbonyl (C=O) groups is 3. The van der Waals surface area contributed by atoms with E-state index in [-0.39, 0.29) is 12.3 Å². The Kier molecular flexibility index (Phi) is 5.33. The van der Waals surface area contributed by atoms with Gasteiger partial charge >= 0.3 is 6.03 Å². The molecule has 1 saturated heterocycles. The van der Waals surface area contributed by atoms with Crippen LogP contribution in [0.25, 0.3) is 0 Å². The molecule has 0 aromatic heterocycles. The fourth-order valence-electron chi connectivity index (χ4n) is 3.30. The number of aryl methyl sites for hydroxylation is 1. The number of Topliss-reactive ketones (excluding diaryl/α,β-unsaturated/α-hetero) is 1. The number of hydrogen-bond donors (Lipinski definition) is 1. The van der Waals surface area contributed by atoms with E-state index in [4.69, 9.17) is 11.6 Å². The van der Waals surface area contributed by atoms with Crippen molar-refractivity contribution in [3.63, 3.8) is 0 Å². The molecular formula is C21H21ClN2O3. The minimum absolute atomic E-state index is 0.274.